The maximum Gasteiger partial charge on any atom is 0.272 e. The van der Waals surface area contributed by atoms with E-state index in [0.29, 0.717) is 32.0 Å². The number of carbonyl (C=O) groups is 1. The third kappa shape index (κ3) is 2.98. The van der Waals surface area contributed by atoms with Crippen LogP contribution in [-0.2, 0) is 9.47 Å². The Hall–Kier alpha value is -1.53. The molecule has 0 radical (unpaired) electrons. The third-order valence-corrected chi connectivity index (χ3v) is 4.67. The second-order valence-electron chi connectivity index (χ2n) is 6.07. The van der Waals surface area contributed by atoms with Crippen LogP contribution in [0.25, 0.3) is 0 Å². The fourth-order valence-electron chi connectivity index (χ4n) is 3.56. The summed E-state index contributed by atoms with van der Waals surface area (Å²) in [4.78, 5) is 22.5. The maximum absolute atomic E-state index is 12.6. The van der Waals surface area contributed by atoms with Crippen molar-refractivity contribution in [3.63, 3.8) is 0 Å². The first-order valence-corrected chi connectivity index (χ1v) is 8.00. The molecule has 2 unspecified atom stereocenters. The number of hydrogen-bond acceptors (Lipinski definition) is 5. The molecule has 22 heavy (non-hydrogen) atoms. The van der Waals surface area contributed by atoms with Gasteiger partial charge in [-0.2, -0.15) is 0 Å². The Labute approximate surface area is 130 Å². The number of fused-ring (bicyclic) bond motifs is 1. The standard InChI is InChI=1S/C16H23N3O3/c1-2-21-11-16-6-3-9-22-14(16)5-8-19(10-16)15(20)13-4-7-17-12-18-13/h4,7,12,14H,2-3,5-6,8-11H2,1H3. The molecule has 2 aliphatic rings. The molecule has 3 rings (SSSR count). The van der Waals surface area contributed by atoms with E-state index in [1.807, 2.05) is 11.8 Å². The minimum absolute atomic E-state index is 0.0257. The highest BCUT2D eigenvalue weighted by atomic mass is 16.5. The number of likely N-dealkylation sites (tertiary alicyclic amines) is 1. The van der Waals surface area contributed by atoms with E-state index >= 15 is 0 Å². The van der Waals surface area contributed by atoms with E-state index < -0.39 is 0 Å². The van der Waals surface area contributed by atoms with Crippen LogP contribution in [0.2, 0.25) is 0 Å². The van der Waals surface area contributed by atoms with Gasteiger partial charge in [0.15, 0.2) is 0 Å². The van der Waals surface area contributed by atoms with Crippen molar-refractivity contribution in [3.05, 3.63) is 24.3 Å². The normalized spacial score (nSPS) is 28.2. The Morgan fingerprint density at radius 1 is 1.59 bits per heavy atom. The highest BCUT2D eigenvalue weighted by Crippen LogP contribution is 2.40. The maximum atomic E-state index is 12.6. The van der Waals surface area contributed by atoms with Gasteiger partial charge in [0, 0.05) is 37.9 Å². The molecule has 2 aliphatic heterocycles. The van der Waals surface area contributed by atoms with Gasteiger partial charge in [-0.15, -0.1) is 0 Å². The number of ether oxygens (including phenoxy) is 2. The van der Waals surface area contributed by atoms with Gasteiger partial charge in [0.2, 0.25) is 0 Å². The van der Waals surface area contributed by atoms with Gasteiger partial charge in [0.25, 0.3) is 5.91 Å². The molecule has 2 atom stereocenters. The van der Waals surface area contributed by atoms with Crippen LogP contribution in [-0.4, -0.2) is 59.8 Å². The third-order valence-electron chi connectivity index (χ3n) is 4.67. The van der Waals surface area contributed by atoms with E-state index in [9.17, 15) is 4.79 Å². The molecule has 6 heteroatoms. The van der Waals surface area contributed by atoms with Crippen molar-refractivity contribution < 1.29 is 14.3 Å². The molecule has 2 fully saturated rings. The fourth-order valence-corrected chi connectivity index (χ4v) is 3.56. The van der Waals surface area contributed by atoms with E-state index in [0.717, 1.165) is 25.9 Å². The highest BCUT2D eigenvalue weighted by Gasteiger charge is 2.47. The van der Waals surface area contributed by atoms with Gasteiger partial charge in [-0.3, -0.25) is 4.79 Å². The van der Waals surface area contributed by atoms with Crippen LogP contribution >= 0.6 is 0 Å². The molecule has 120 valence electrons. The van der Waals surface area contributed by atoms with Gasteiger partial charge in [0.05, 0.1) is 12.7 Å². The number of rotatable bonds is 4. The zero-order chi connectivity index (χ0) is 15.4. The van der Waals surface area contributed by atoms with Crippen LogP contribution in [0, 0.1) is 5.41 Å². The van der Waals surface area contributed by atoms with Gasteiger partial charge < -0.3 is 14.4 Å². The average Bonchev–Trinajstić information content (AvgIpc) is 2.59. The molecule has 1 aromatic heterocycles. The van der Waals surface area contributed by atoms with Gasteiger partial charge in [-0.25, -0.2) is 9.97 Å². The van der Waals surface area contributed by atoms with Crippen molar-refractivity contribution in [3.8, 4) is 0 Å². The van der Waals surface area contributed by atoms with Gasteiger partial charge >= 0.3 is 0 Å². The molecule has 0 aromatic carbocycles. The highest BCUT2D eigenvalue weighted by molar-refractivity contribution is 5.92. The lowest BCUT2D eigenvalue weighted by Crippen LogP contribution is -2.58. The number of hydrogen-bond donors (Lipinski definition) is 0. The summed E-state index contributed by atoms with van der Waals surface area (Å²) in [6.45, 7) is 5.55. The predicted molar refractivity (Wildman–Crippen MR) is 80.5 cm³/mol. The van der Waals surface area contributed by atoms with E-state index in [4.69, 9.17) is 9.47 Å². The molecule has 0 bridgehead atoms. The van der Waals surface area contributed by atoms with E-state index in [1.165, 1.54) is 6.33 Å². The van der Waals surface area contributed by atoms with Gasteiger partial charge in [0.1, 0.15) is 12.0 Å². The molecule has 0 saturated carbocycles. The van der Waals surface area contributed by atoms with Crippen molar-refractivity contribution >= 4 is 5.91 Å². The average molecular weight is 305 g/mol. The number of nitrogens with zero attached hydrogens (tertiary/aromatic N) is 3. The molecule has 0 aliphatic carbocycles. The zero-order valence-corrected chi connectivity index (χ0v) is 13.0. The summed E-state index contributed by atoms with van der Waals surface area (Å²) in [6.07, 6.45) is 6.16. The first kappa shape index (κ1) is 15.4. The molecule has 1 amide bonds. The Morgan fingerprint density at radius 3 is 3.27 bits per heavy atom. The van der Waals surface area contributed by atoms with Crippen molar-refractivity contribution in [1.29, 1.82) is 0 Å². The topological polar surface area (TPSA) is 64.6 Å². The lowest BCUT2D eigenvalue weighted by Gasteiger charge is -2.50. The molecule has 1 aromatic rings. The number of aromatic nitrogens is 2. The van der Waals surface area contributed by atoms with Gasteiger partial charge in [-0.05, 0) is 32.3 Å². The number of carbonyl (C=O) groups excluding carboxylic acids is 1. The zero-order valence-electron chi connectivity index (χ0n) is 13.0. The lowest BCUT2D eigenvalue weighted by molar-refractivity contribution is -0.146. The van der Waals surface area contributed by atoms with Crippen LogP contribution in [0.15, 0.2) is 18.6 Å². The molecule has 0 spiro atoms. The number of amides is 1. The summed E-state index contributed by atoms with van der Waals surface area (Å²) < 4.78 is 11.7. The fraction of sp³-hybridized carbons (Fsp3) is 0.688. The van der Waals surface area contributed by atoms with Crippen LogP contribution < -0.4 is 0 Å². The summed E-state index contributed by atoms with van der Waals surface area (Å²) in [5.74, 6) is -0.0257. The van der Waals surface area contributed by atoms with Crippen LogP contribution in [0.5, 0.6) is 0 Å². The quantitative estimate of drug-likeness (QED) is 0.844. The monoisotopic (exact) mass is 305 g/mol. The second-order valence-corrected chi connectivity index (χ2v) is 6.07. The summed E-state index contributed by atoms with van der Waals surface area (Å²) in [6, 6.07) is 1.67. The summed E-state index contributed by atoms with van der Waals surface area (Å²) in [5.41, 5.74) is 0.381. The minimum atomic E-state index is -0.0742. The first-order valence-electron chi connectivity index (χ1n) is 8.00. The van der Waals surface area contributed by atoms with Crippen molar-refractivity contribution in [1.82, 2.24) is 14.9 Å². The van der Waals surface area contributed by atoms with Crippen LogP contribution in [0.4, 0.5) is 0 Å². The number of piperidine rings is 1. The largest absolute Gasteiger partial charge is 0.381 e. The molecule has 0 N–H and O–H groups in total. The van der Waals surface area contributed by atoms with Crippen molar-refractivity contribution in [2.24, 2.45) is 5.41 Å². The predicted octanol–water partition coefficient (Wildman–Crippen LogP) is 1.52. The van der Waals surface area contributed by atoms with Gasteiger partial charge in [-0.1, -0.05) is 0 Å². The molecule has 3 heterocycles. The van der Waals surface area contributed by atoms with E-state index in [1.54, 1.807) is 12.3 Å². The Morgan fingerprint density at radius 2 is 2.50 bits per heavy atom. The Bertz CT molecular complexity index is 511. The van der Waals surface area contributed by atoms with Crippen LogP contribution in [0.3, 0.4) is 0 Å². The lowest BCUT2D eigenvalue weighted by atomic mass is 9.73. The smallest absolute Gasteiger partial charge is 0.272 e. The van der Waals surface area contributed by atoms with Crippen molar-refractivity contribution in [2.45, 2.75) is 32.3 Å². The molecule has 6 nitrogen and oxygen atoms in total. The molecular formula is C16H23N3O3. The van der Waals surface area contributed by atoms with Crippen molar-refractivity contribution in [2.75, 3.05) is 32.9 Å². The Balaban J connectivity index is 1.76. The second kappa shape index (κ2) is 6.71. The summed E-state index contributed by atoms with van der Waals surface area (Å²) in [7, 11) is 0. The minimum Gasteiger partial charge on any atom is -0.381 e. The Kier molecular flexibility index (Phi) is 4.69. The summed E-state index contributed by atoms with van der Waals surface area (Å²) >= 11 is 0. The van der Waals surface area contributed by atoms with E-state index in [-0.39, 0.29) is 17.4 Å². The first-order chi connectivity index (χ1) is 10.7. The summed E-state index contributed by atoms with van der Waals surface area (Å²) in [5, 5.41) is 0. The molecule has 2 saturated heterocycles. The van der Waals surface area contributed by atoms with Crippen LogP contribution in [0.1, 0.15) is 36.7 Å². The van der Waals surface area contributed by atoms with E-state index in [2.05, 4.69) is 9.97 Å². The molecular weight excluding hydrogens is 282 g/mol. The SMILES string of the molecule is CCOCC12CCCOC1CCN(C(=O)c1ccncn1)C2.